The maximum Gasteiger partial charge on any atom is 0.160 e. The van der Waals surface area contributed by atoms with Crippen LogP contribution in [0.15, 0.2) is 188 Å². The molecule has 6 aromatic carbocycles. The van der Waals surface area contributed by atoms with Gasteiger partial charge in [0.2, 0.25) is 0 Å². The Kier molecular flexibility index (Phi) is 7.76. The lowest BCUT2D eigenvalue weighted by Gasteiger charge is -2.11. The Balaban J connectivity index is 1.04. The molecular formula is C46H31N5. The summed E-state index contributed by atoms with van der Waals surface area (Å²) < 4.78 is 2.13. The predicted molar refractivity (Wildman–Crippen MR) is 207 cm³/mol. The standard InChI is InChI=1S/C46H31N5/c1-4-12-32(13-5-1)33-20-24-35(25-21-33)41-30-42(49-45(48-41)37-14-6-2-7-15-37)36-26-22-34(23-27-36)39-28-29-44(47-31-39)51-43-19-11-10-18-40(43)50-46(51)38-16-8-3-9-17-38/h1-31H. The number of rotatable bonds is 7. The Bertz CT molecular complexity index is 2580. The molecule has 0 aliphatic heterocycles. The minimum Gasteiger partial charge on any atom is -0.276 e. The summed E-state index contributed by atoms with van der Waals surface area (Å²) in [4.78, 5) is 19.9. The second kappa shape index (κ2) is 13.1. The molecule has 0 radical (unpaired) electrons. The molecule has 0 unspecified atom stereocenters. The zero-order valence-electron chi connectivity index (χ0n) is 27.6. The number of imidazole rings is 1. The number of hydrogen-bond acceptors (Lipinski definition) is 4. The summed E-state index contributed by atoms with van der Waals surface area (Å²) in [6.07, 6.45) is 1.93. The lowest BCUT2D eigenvalue weighted by Crippen LogP contribution is -2.00. The van der Waals surface area contributed by atoms with Gasteiger partial charge in [-0.15, -0.1) is 0 Å². The van der Waals surface area contributed by atoms with Crippen molar-refractivity contribution in [2.24, 2.45) is 0 Å². The summed E-state index contributed by atoms with van der Waals surface area (Å²) in [5.74, 6) is 2.38. The Labute approximate surface area is 296 Å². The van der Waals surface area contributed by atoms with E-state index >= 15 is 0 Å². The number of nitrogens with zero attached hydrogens (tertiary/aromatic N) is 5. The van der Waals surface area contributed by atoms with Gasteiger partial charge < -0.3 is 0 Å². The van der Waals surface area contributed by atoms with Gasteiger partial charge in [-0.1, -0.05) is 152 Å². The Morgan fingerprint density at radius 1 is 0.353 bits per heavy atom. The van der Waals surface area contributed by atoms with Crippen molar-refractivity contribution in [2.75, 3.05) is 0 Å². The van der Waals surface area contributed by atoms with Crippen LogP contribution >= 0.6 is 0 Å². The van der Waals surface area contributed by atoms with Crippen LogP contribution in [0.4, 0.5) is 0 Å². The molecule has 51 heavy (non-hydrogen) atoms. The molecule has 0 spiro atoms. The molecule has 0 fully saturated rings. The fraction of sp³-hybridized carbons (Fsp3) is 0. The first-order valence-corrected chi connectivity index (χ1v) is 17.0. The minimum absolute atomic E-state index is 0.695. The smallest absolute Gasteiger partial charge is 0.160 e. The van der Waals surface area contributed by atoms with Crippen molar-refractivity contribution in [1.29, 1.82) is 0 Å². The molecule has 0 bridgehead atoms. The number of fused-ring (bicyclic) bond motifs is 1. The van der Waals surface area contributed by atoms with Crippen molar-refractivity contribution in [2.45, 2.75) is 0 Å². The average molecular weight is 654 g/mol. The van der Waals surface area contributed by atoms with Crippen LogP contribution in [0.3, 0.4) is 0 Å². The summed E-state index contributed by atoms with van der Waals surface area (Å²) in [7, 11) is 0. The number of benzene rings is 6. The van der Waals surface area contributed by atoms with Gasteiger partial charge in [0.15, 0.2) is 5.82 Å². The molecule has 3 heterocycles. The van der Waals surface area contributed by atoms with Crippen LogP contribution in [0.25, 0.3) is 84.4 Å². The maximum absolute atomic E-state index is 5.03. The molecule has 3 aromatic heterocycles. The van der Waals surface area contributed by atoms with Crippen LogP contribution in [0, 0.1) is 0 Å². The van der Waals surface area contributed by atoms with Crippen LogP contribution in [0.1, 0.15) is 0 Å². The first kappa shape index (κ1) is 30.1. The third-order valence-corrected chi connectivity index (χ3v) is 9.13. The minimum atomic E-state index is 0.695. The van der Waals surface area contributed by atoms with Gasteiger partial charge >= 0.3 is 0 Å². The summed E-state index contributed by atoms with van der Waals surface area (Å²) in [6, 6.07) is 62.4. The van der Waals surface area contributed by atoms with Crippen LogP contribution in [-0.2, 0) is 0 Å². The Hall–Kier alpha value is -6.98. The zero-order chi connectivity index (χ0) is 34.0. The molecule has 0 amide bonds. The summed E-state index contributed by atoms with van der Waals surface area (Å²) in [5.41, 5.74) is 12.2. The molecule has 5 nitrogen and oxygen atoms in total. The van der Waals surface area contributed by atoms with E-state index in [1.54, 1.807) is 0 Å². The van der Waals surface area contributed by atoms with E-state index in [0.717, 1.165) is 67.4 Å². The van der Waals surface area contributed by atoms with Crippen molar-refractivity contribution in [3.8, 4) is 73.4 Å². The molecule has 0 aliphatic rings. The monoisotopic (exact) mass is 653 g/mol. The van der Waals surface area contributed by atoms with Crippen molar-refractivity contribution >= 4 is 11.0 Å². The summed E-state index contributed by atoms with van der Waals surface area (Å²) in [6.45, 7) is 0. The number of pyridine rings is 1. The van der Waals surface area contributed by atoms with Gasteiger partial charge in [0, 0.05) is 34.0 Å². The molecule has 9 rings (SSSR count). The van der Waals surface area contributed by atoms with E-state index in [1.807, 2.05) is 66.9 Å². The van der Waals surface area contributed by atoms with Crippen molar-refractivity contribution < 1.29 is 0 Å². The lowest BCUT2D eigenvalue weighted by molar-refractivity contribution is 1.03. The van der Waals surface area contributed by atoms with E-state index in [1.165, 1.54) is 11.1 Å². The van der Waals surface area contributed by atoms with E-state index in [0.29, 0.717) is 5.82 Å². The van der Waals surface area contributed by atoms with Crippen molar-refractivity contribution in [1.82, 2.24) is 24.5 Å². The van der Waals surface area contributed by atoms with Gasteiger partial charge in [-0.25, -0.2) is 19.9 Å². The highest BCUT2D eigenvalue weighted by molar-refractivity contribution is 5.83. The molecule has 0 N–H and O–H groups in total. The first-order chi connectivity index (χ1) is 25.3. The van der Waals surface area contributed by atoms with Crippen LogP contribution in [0.5, 0.6) is 0 Å². The summed E-state index contributed by atoms with van der Waals surface area (Å²) >= 11 is 0. The fourth-order valence-electron chi connectivity index (χ4n) is 6.48. The lowest BCUT2D eigenvalue weighted by atomic mass is 10.0. The van der Waals surface area contributed by atoms with E-state index in [9.17, 15) is 0 Å². The normalized spacial score (nSPS) is 11.1. The fourth-order valence-corrected chi connectivity index (χ4v) is 6.48. The molecule has 0 atom stereocenters. The highest BCUT2D eigenvalue weighted by Gasteiger charge is 2.16. The van der Waals surface area contributed by atoms with Crippen LogP contribution < -0.4 is 0 Å². The predicted octanol–water partition coefficient (Wildman–Crippen LogP) is 11.2. The van der Waals surface area contributed by atoms with E-state index in [-0.39, 0.29) is 0 Å². The largest absolute Gasteiger partial charge is 0.276 e. The molecular weight excluding hydrogens is 623 g/mol. The van der Waals surface area contributed by atoms with E-state index in [2.05, 4.69) is 126 Å². The second-order valence-corrected chi connectivity index (χ2v) is 12.4. The summed E-state index contributed by atoms with van der Waals surface area (Å²) in [5, 5.41) is 0. The van der Waals surface area contributed by atoms with Gasteiger partial charge in [-0.2, -0.15) is 0 Å². The van der Waals surface area contributed by atoms with E-state index in [4.69, 9.17) is 19.9 Å². The van der Waals surface area contributed by atoms with Crippen molar-refractivity contribution in [3.05, 3.63) is 188 Å². The second-order valence-electron chi connectivity index (χ2n) is 12.4. The van der Waals surface area contributed by atoms with Gasteiger partial charge in [-0.05, 0) is 47.0 Å². The van der Waals surface area contributed by atoms with Gasteiger partial charge in [0.05, 0.1) is 22.4 Å². The molecule has 0 saturated heterocycles. The van der Waals surface area contributed by atoms with Crippen LogP contribution in [-0.4, -0.2) is 24.5 Å². The number of aromatic nitrogens is 5. The SMILES string of the molecule is c1ccc(-c2ccc(-c3cc(-c4ccc(-c5ccc(-n6c(-c7ccccc7)nc7ccccc76)nc5)cc4)nc(-c4ccccc4)n3)cc2)cc1. The average Bonchev–Trinajstić information content (AvgIpc) is 3.62. The third-order valence-electron chi connectivity index (χ3n) is 9.13. The quantitative estimate of drug-likeness (QED) is 0.172. The third kappa shape index (κ3) is 5.98. The van der Waals surface area contributed by atoms with Gasteiger partial charge in [0.1, 0.15) is 11.6 Å². The van der Waals surface area contributed by atoms with Crippen molar-refractivity contribution in [3.63, 3.8) is 0 Å². The maximum atomic E-state index is 5.03. The Morgan fingerprint density at radius 3 is 1.41 bits per heavy atom. The van der Waals surface area contributed by atoms with Crippen LogP contribution in [0.2, 0.25) is 0 Å². The Morgan fingerprint density at radius 2 is 0.824 bits per heavy atom. The number of para-hydroxylation sites is 2. The van der Waals surface area contributed by atoms with Gasteiger partial charge in [0.25, 0.3) is 0 Å². The molecule has 0 aliphatic carbocycles. The highest BCUT2D eigenvalue weighted by atomic mass is 15.1. The number of hydrogen-bond donors (Lipinski definition) is 0. The topological polar surface area (TPSA) is 56.5 Å². The molecule has 5 heteroatoms. The van der Waals surface area contributed by atoms with E-state index < -0.39 is 0 Å². The molecule has 240 valence electrons. The first-order valence-electron chi connectivity index (χ1n) is 17.0. The zero-order valence-corrected chi connectivity index (χ0v) is 27.6. The molecule has 0 saturated carbocycles. The highest BCUT2D eigenvalue weighted by Crippen LogP contribution is 2.32. The molecule has 9 aromatic rings. The van der Waals surface area contributed by atoms with Gasteiger partial charge in [-0.3, -0.25) is 4.57 Å².